The Kier molecular flexibility index (Phi) is 3.79. The van der Waals surface area contributed by atoms with Gasteiger partial charge >= 0.3 is 12.1 Å². The summed E-state index contributed by atoms with van der Waals surface area (Å²) < 4.78 is 38.6. The lowest BCUT2D eigenvalue weighted by molar-refractivity contribution is -0.141. The van der Waals surface area contributed by atoms with Crippen molar-refractivity contribution in [2.24, 2.45) is 0 Å². The van der Waals surface area contributed by atoms with Crippen LogP contribution in [0.3, 0.4) is 0 Å². The number of carbonyl (C=O) groups is 1. The van der Waals surface area contributed by atoms with Gasteiger partial charge in [0.05, 0.1) is 4.88 Å². The van der Waals surface area contributed by atoms with Crippen LogP contribution in [0, 0.1) is 0 Å². The van der Waals surface area contributed by atoms with E-state index in [4.69, 9.17) is 5.11 Å². The Morgan fingerprint density at radius 3 is 2.36 bits per heavy atom. The zero-order valence-corrected chi connectivity index (χ0v) is 13.0. The van der Waals surface area contributed by atoms with Crippen LogP contribution < -0.4 is 0 Å². The molecule has 3 heterocycles. The van der Waals surface area contributed by atoms with E-state index < -0.39 is 22.7 Å². The van der Waals surface area contributed by atoms with Gasteiger partial charge in [0.15, 0.2) is 5.69 Å². The third-order valence-corrected chi connectivity index (χ3v) is 6.03. The summed E-state index contributed by atoms with van der Waals surface area (Å²) >= 11 is 3.35. The number of thiazole rings is 1. The highest BCUT2D eigenvalue weighted by Gasteiger charge is 2.40. The molecule has 0 saturated carbocycles. The molecule has 3 aromatic rings. The number of aromatic nitrogens is 1. The van der Waals surface area contributed by atoms with Crippen molar-refractivity contribution in [1.82, 2.24) is 4.98 Å². The lowest BCUT2D eigenvalue weighted by Crippen LogP contribution is -2.11. The zero-order valence-electron chi connectivity index (χ0n) is 10.5. The third-order valence-electron chi connectivity index (χ3n) is 2.67. The van der Waals surface area contributed by atoms with Gasteiger partial charge in [-0.3, -0.25) is 0 Å². The van der Waals surface area contributed by atoms with Gasteiger partial charge in [0.25, 0.3) is 0 Å². The van der Waals surface area contributed by atoms with Crippen LogP contribution in [-0.4, -0.2) is 16.1 Å². The number of halogens is 3. The van der Waals surface area contributed by atoms with Crippen LogP contribution in [0.1, 0.15) is 15.4 Å². The second-order valence-corrected chi connectivity index (χ2v) is 7.17. The van der Waals surface area contributed by atoms with E-state index in [0.29, 0.717) is 16.2 Å². The summed E-state index contributed by atoms with van der Waals surface area (Å²) in [5.41, 5.74) is -1.34. The fraction of sp³-hybridized carbons (Fsp3) is 0.0769. The minimum Gasteiger partial charge on any atom is -0.477 e. The van der Waals surface area contributed by atoms with Crippen LogP contribution in [0.5, 0.6) is 0 Å². The molecule has 1 N–H and O–H groups in total. The molecule has 0 spiro atoms. The van der Waals surface area contributed by atoms with Crippen LogP contribution in [0.2, 0.25) is 0 Å². The number of carboxylic acid groups (broad SMARTS) is 1. The molecule has 0 radical (unpaired) electrons. The van der Waals surface area contributed by atoms with Gasteiger partial charge in [0.2, 0.25) is 0 Å². The Morgan fingerprint density at radius 1 is 1.09 bits per heavy atom. The maximum absolute atomic E-state index is 12.9. The third kappa shape index (κ3) is 2.79. The van der Waals surface area contributed by atoms with Crippen molar-refractivity contribution in [2.75, 3.05) is 0 Å². The largest absolute Gasteiger partial charge is 0.477 e. The highest BCUT2D eigenvalue weighted by Crippen LogP contribution is 2.41. The first-order valence-electron chi connectivity index (χ1n) is 5.81. The Morgan fingerprint density at radius 2 is 1.82 bits per heavy atom. The summed E-state index contributed by atoms with van der Waals surface area (Å²) in [6.07, 6.45) is -4.78. The molecule has 0 aliphatic heterocycles. The molecule has 0 aliphatic carbocycles. The molecule has 0 unspecified atom stereocenters. The van der Waals surface area contributed by atoms with E-state index in [2.05, 4.69) is 4.98 Å². The molecule has 0 amide bonds. The first kappa shape index (κ1) is 15.2. The summed E-state index contributed by atoms with van der Waals surface area (Å²) in [5.74, 6) is -1.62. The lowest BCUT2D eigenvalue weighted by Gasteiger charge is -2.02. The molecule has 0 atom stereocenters. The van der Waals surface area contributed by atoms with Gasteiger partial charge in [-0.25, -0.2) is 9.78 Å². The van der Waals surface area contributed by atoms with Gasteiger partial charge in [0.1, 0.15) is 9.88 Å². The second kappa shape index (κ2) is 5.49. The predicted octanol–water partition coefficient (Wildman–Crippen LogP) is 5.32. The molecule has 3 nitrogen and oxygen atoms in total. The number of thiophene rings is 2. The fourth-order valence-corrected chi connectivity index (χ4v) is 4.59. The number of alkyl halides is 3. The molecule has 9 heteroatoms. The van der Waals surface area contributed by atoms with Crippen LogP contribution in [0.15, 0.2) is 29.6 Å². The molecule has 22 heavy (non-hydrogen) atoms. The molecule has 0 aromatic carbocycles. The summed E-state index contributed by atoms with van der Waals surface area (Å²) in [7, 11) is 0. The Bertz CT molecular complexity index is 818. The molecular weight excluding hydrogens is 355 g/mol. The van der Waals surface area contributed by atoms with E-state index in [1.807, 2.05) is 17.5 Å². The first-order chi connectivity index (χ1) is 10.4. The average molecular weight is 361 g/mol. The average Bonchev–Trinajstić information content (AvgIpc) is 3.17. The first-order valence-corrected chi connectivity index (χ1v) is 8.33. The SMILES string of the molecule is O=C(O)c1sc(-c2ccc(-c3cccs3)s2)nc1C(F)(F)F. The van der Waals surface area contributed by atoms with Crippen molar-refractivity contribution >= 4 is 40.0 Å². The molecule has 114 valence electrons. The van der Waals surface area contributed by atoms with Crippen LogP contribution >= 0.6 is 34.0 Å². The highest BCUT2D eigenvalue weighted by atomic mass is 32.1. The summed E-state index contributed by atoms with van der Waals surface area (Å²) in [6.45, 7) is 0. The van der Waals surface area contributed by atoms with Crippen LogP contribution in [0.4, 0.5) is 13.2 Å². The van der Waals surface area contributed by atoms with Gasteiger partial charge in [-0.1, -0.05) is 6.07 Å². The monoisotopic (exact) mass is 361 g/mol. The van der Waals surface area contributed by atoms with Crippen molar-refractivity contribution in [3.8, 4) is 19.6 Å². The zero-order chi connectivity index (χ0) is 15.9. The topological polar surface area (TPSA) is 50.2 Å². The number of aromatic carboxylic acids is 1. The number of hydrogen-bond donors (Lipinski definition) is 1. The lowest BCUT2D eigenvalue weighted by atomic mass is 10.3. The minimum atomic E-state index is -4.78. The Hall–Kier alpha value is -1.71. The van der Waals surface area contributed by atoms with Crippen LogP contribution in [-0.2, 0) is 6.18 Å². The van der Waals surface area contributed by atoms with Crippen molar-refractivity contribution in [3.05, 3.63) is 40.2 Å². The van der Waals surface area contributed by atoms with Gasteiger partial charge < -0.3 is 5.11 Å². The number of carboxylic acids is 1. The smallest absolute Gasteiger partial charge is 0.435 e. The van der Waals surface area contributed by atoms with E-state index in [9.17, 15) is 18.0 Å². The fourth-order valence-electron chi connectivity index (χ4n) is 1.77. The minimum absolute atomic E-state index is 0.0672. The van der Waals surface area contributed by atoms with E-state index in [-0.39, 0.29) is 5.01 Å². The highest BCUT2D eigenvalue weighted by molar-refractivity contribution is 7.26. The Balaban J connectivity index is 2.04. The van der Waals surface area contributed by atoms with Crippen molar-refractivity contribution in [3.63, 3.8) is 0 Å². The number of rotatable bonds is 3. The second-order valence-electron chi connectivity index (χ2n) is 4.14. The maximum atomic E-state index is 12.9. The summed E-state index contributed by atoms with van der Waals surface area (Å²) in [6, 6.07) is 7.24. The molecule has 0 fully saturated rings. The number of hydrogen-bond acceptors (Lipinski definition) is 5. The van der Waals surface area contributed by atoms with E-state index in [0.717, 1.165) is 9.75 Å². The number of nitrogens with zero attached hydrogens (tertiary/aromatic N) is 1. The molecule has 3 rings (SSSR count). The van der Waals surface area contributed by atoms with Gasteiger partial charge in [-0.15, -0.1) is 34.0 Å². The van der Waals surface area contributed by atoms with E-state index in [1.165, 1.54) is 22.7 Å². The van der Waals surface area contributed by atoms with Crippen molar-refractivity contribution in [2.45, 2.75) is 6.18 Å². The van der Waals surface area contributed by atoms with Gasteiger partial charge in [-0.05, 0) is 23.6 Å². The van der Waals surface area contributed by atoms with Gasteiger partial charge in [0, 0.05) is 9.75 Å². The Labute approximate surface area is 134 Å². The van der Waals surface area contributed by atoms with Crippen molar-refractivity contribution < 1.29 is 23.1 Å². The van der Waals surface area contributed by atoms with Crippen molar-refractivity contribution in [1.29, 1.82) is 0 Å². The molecule has 0 aliphatic rings. The quantitative estimate of drug-likeness (QED) is 0.687. The van der Waals surface area contributed by atoms with Gasteiger partial charge in [-0.2, -0.15) is 13.2 Å². The molecule has 3 aromatic heterocycles. The summed E-state index contributed by atoms with van der Waals surface area (Å²) in [5, 5.41) is 10.9. The normalized spacial score (nSPS) is 11.8. The predicted molar refractivity (Wildman–Crippen MR) is 80.7 cm³/mol. The molecule has 0 bridgehead atoms. The standard InChI is InChI=1S/C13H6F3NO2S3/c14-13(15,16)10-9(12(18)19)22-11(17-10)8-4-3-7(21-8)6-2-1-5-20-6/h1-5H,(H,18,19). The molecule has 0 saturated heterocycles. The van der Waals surface area contributed by atoms with Crippen LogP contribution in [0.25, 0.3) is 19.6 Å². The van der Waals surface area contributed by atoms with E-state index >= 15 is 0 Å². The van der Waals surface area contributed by atoms with E-state index in [1.54, 1.807) is 12.1 Å². The maximum Gasteiger partial charge on any atom is 0.435 e. The summed E-state index contributed by atoms with van der Waals surface area (Å²) in [4.78, 5) is 16.1. The molecular formula is C13H6F3NO2S3.